The number of methoxy groups -OCH3 is 1. The van der Waals surface area contributed by atoms with Crippen molar-refractivity contribution in [3.05, 3.63) is 75.8 Å². The lowest BCUT2D eigenvalue weighted by Gasteiger charge is -2.31. The van der Waals surface area contributed by atoms with Gasteiger partial charge in [-0.1, -0.05) is 54.7 Å². The smallest absolute Gasteiger partial charge is 0.364 e. The van der Waals surface area contributed by atoms with Crippen LogP contribution < -0.4 is 5.76 Å². The van der Waals surface area contributed by atoms with Crippen LogP contribution in [0.4, 0.5) is 0 Å². The first-order valence-corrected chi connectivity index (χ1v) is 13.8. The van der Waals surface area contributed by atoms with Crippen molar-refractivity contribution >= 4 is 22.8 Å². The maximum atomic E-state index is 11.8. The van der Waals surface area contributed by atoms with Gasteiger partial charge in [0.15, 0.2) is 11.2 Å². The molecule has 0 spiro atoms. The van der Waals surface area contributed by atoms with Gasteiger partial charge < -0.3 is 9.30 Å². The predicted octanol–water partition coefficient (Wildman–Crippen LogP) is 5.62. The Morgan fingerprint density at radius 1 is 1.12 bits per heavy atom. The van der Waals surface area contributed by atoms with Crippen molar-refractivity contribution < 1.29 is 9.26 Å². The molecule has 0 amide bonds. The van der Waals surface area contributed by atoms with E-state index in [1.54, 1.807) is 13.3 Å². The van der Waals surface area contributed by atoms with Gasteiger partial charge in [-0.15, -0.1) is 0 Å². The lowest BCUT2D eigenvalue weighted by molar-refractivity contribution is 0.0241. The van der Waals surface area contributed by atoms with Gasteiger partial charge in [0.2, 0.25) is 11.6 Å². The number of imidazole rings is 1. The maximum absolute atomic E-state index is 11.8. The molecule has 0 aliphatic heterocycles. The number of hydrogen-bond acceptors (Lipinski definition) is 8. The second kappa shape index (κ2) is 10.6. The summed E-state index contributed by atoms with van der Waals surface area (Å²) < 4.78 is 13.1. The summed E-state index contributed by atoms with van der Waals surface area (Å²) in [5, 5.41) is 4.40. The van der Waals surface area contributed by atoms with Crippen molar-refractivity contribution in [2.45, 2.75) is 51.7 Å². The SMILES string of the molecule is COC(C)(c1ccccn1)c1nc2nc(-c3noc(=O)[nH]3)nc(-c3cccc(Cl)c3)c2n1CC1CCC(C)CC1. The van der Waals surface area contributed by atoms with Crippen molar-refractivity contribution in [3.8, 4) is 22.9 Å². The molecule has 0 bridgehead atoms. The molecule has 4 heterocycles. The average Bonchev–Trinajstić information content (AvgIpc) is 3.57. The van der Waals surface area contributed by atoms with Gasteiger partial charge in [0, 0.05) is 30.4 Å². The molecule has 1 N–H and O–H groups in total. The first-order valence-electron chi connectivity index (χ1n) is 13.4. The van der Waals surface area contributed by atoms with Crippen molar-refractivity contribution in [2.24, 2.45) is 11.8 Å². The second-order valence-electron chi connectivity index (χ2n) is 10.6. The molecule has 1 aliphatic rings. The number of halogens is 1. The van der Waals surface area contributed by atoms with E-state index in [2.05, 4.69) is 26.6 Å². The van der Waals surface area contributed by atoms with Gasteiger partial charge in [0.05, 0.1) is 5.69 Å². The summed E-state index contributed by atoms with van der Waals surface area (Å²) in [4.78, 5) is 33.6. The lowest BCUT2D eigenvalue weighted by atomic mass is 9.83. The maximum Gasteiger partial charge on any atom is 0.439 e. The number of aromatic amines is 1. The number of rotatable bonds is 7. The molecule has 11 heteroatoms. The summed E-state index contributed by atoms with van der Waals surface area (Å²) in [6.07, 6.45) is 6.38. The Morgan fingerprint density at radius 3 is 2.62 bits per heavy atom. The first kappa shape index (κ1) is 26.3. The van der Waals surface area contributed by atoms with Gasteiger partial charge in [-0.2, -0.15) is 0 Å². The Hall–Kier alpha value is -3.89. The molecular weight excluding hydrogens is 530 g/mol. The van der Waals surface area contributed by atoms with E-state index in [0.717, 1.165) is 42.1 Å². The standard InChI is InChI=1S/C29H30ClN7O3/c1-17-10-12-18(13-11-17)16-37-23-22(19-7-6-8-20(30)15-19)32-25(26-35-28(38)40-36-26)33-24(23)34-27(37)29(2,39-3)21-9-4-5-14-31-21/h4-9,14-15,17-18H,10-13,16H2,1-3H3,(H,35,36,38). The number of fused-ring (bicyclic) bond motifs is 1. The zero-order valence-corrected chi connectivity index (χ0v) is 23.4. The molecular formula is C29H30ClN7O3. The average molecular weight is 560 g/mol. The molecule has 10 nitrogen and oxygen atoms in total. The van der Waals surface area contributed by atoms with Crippen LogP contribution in [0, 0.1) is 11.8 Å². The Labute approximate surface area is 235 Å². The van der Waals surface area contributed by atoms with Crippen LogP contribution in [0.1, 0.15) is 51.0 Å². The molecule has 4 aromatic heterocycles. The van der Waals surface area contributed by atoms with Crippen LogP contribution in [0.5, 0.6) is 0 Å². The lowest BCUT2D eigenvalue weighted by Crippen LogP contribution is -2.32. The van der Waals surface area contributed by atoms with Gasteiger partial charge in [0.1, 0.15) is 17.0 Å². The first-order chi connectivity index (χ1) is 19.4. The van der Waals surface area contributed by atoms with E-state index in [-0.39, 0.29) is 11.6 Å². The summed E-state index contributed by atoms with van der Waals surface area (Å²) in [7, 11) is 1.66. The summed E-state index contributed by atoms with van der Waals surface area (Å²) in [5.41, 5.74) is 2.36. The highest BCUT2D eigenvalue weighted by Gasteiger charge is 2.38. The van der Waals surface area contributed by atoms with Crippen LogP contribution in [0.2, 0.25) is 5.02 Å². The fourth-order valence-corrected chi connectivity index (χ4v) is 5.76. The third kappa shape index (κ3) is 4.82. The Balaban J connectivity index is 1.64. The molecule has 40 heavy (non-hydrogen) atoms. The van der Waals surface area contributed by atoms with Crippen molar-refractivity contribution in [2.75, 3.05) is 7.11 Å². The number of benzene rings is 1. The number of nitrogens with zero attached hydrogens (tertiary/aromatic N) is 6. The molecule has 6 rings (SSSR count). The number of pyridine rings is 1. The minimum absolute atomic E-state index is 0.117. The quantitative estimate of drug-likeness (QED) is 0.272. The number of H-pyrrole nitrogens is 1. The topological polar surface area (TPSA) is 125 Å². The molecule has 1 saturated carbocycles. The zero-order valence-electron chi connectivity index (χ0n) is 22.6. The highest BCUT2D eigenvalue weighted by atomic mass is 35.5. The molecule has 1 fully saturated rings. The third-order valence-corrected chi connectivity index (χ3v) is 8.15. The van der Waals surface area contributed by atoms with Crippen LogP contribution in [0.25, 0.3) is 34.1 Å². The van der Waals surface area contributed by atoms with Gasteiger partial charge in [-0.3, -0.25) is 14.5 Å². The van der Waals surface area contributed by atoms with Gasteiger partial charge in [-0.25, -0.2) is 19.7 Å². The van der Waals surface area contributed by atoms with E-state index in [1.807, 2.05) is 49.4 Å². The van der Waals surface area contributed by atoms with Gasteiger partial charge in [-0.05, 0) is 55.9 Å². The van der Waals surface area contributed by atoms with Crippen LogP contribution in [-0.2, 0) is 16.9 Å². The van der Waals surface area contributed by atoms with E-state index in [1.165, 1.54) is 12.8 Å². The Morgan fingerprint density at radius 2 is 1.95 bits per heavy atom. The second-order valence-corrected chi connectivity index (χ2v) is 11.1. The minimum Gasteiger partial charge on any atom is -0.364 e. The number of hydrogen-bond donors (Lipinski definition) is 1. The van der Waals surface area contributed by atoms with Crippen molar-refractivity contribution in [1.82, 2.24) is 34.6 Å². The molecule has 1 aliphatic carbocycles. The van der Waals surface area contributed by atoms with Crippen LogP contribution in [0.3, 0.4) is 0 Å². The van der Waals surface area contributed by atoms with Crippen LogP contribution >= 0.6 is 11.6 Å². The van der Waals surface area contributed by atoms with Gasteiger partial charge in [0.25, 0.3) is 0 Å². The van der Waals surface area contributed by atoms with E-state index in [4.69, 9.17) is 35.8 Å². The largest absolute Gasteiger partial charge is 0.439 e. The highest BCUT2D eigenvalue weighted by Crippen LogP contribution is 2.39. The van der Waals surface area contributed by atoms with Crippen molar-refractivity contribution in [1.29, 1.82) is 0 Å². The number of ether oxygens (including phenoxy) is 1. The fourth-order valence-electron chi connectivity index (χ4n) is 5.57. The molecule has 1 aromatic carbocycles. The fraction of sp³-hybridized carbons (Fsp3) is 0.379. The molecule has 0 radical (unpaired) electrons. The Kier molecular flexibility index (Phi) is 6.97. The normalized spacial score (nSPS) is 19.1. The van der Waals surface area contributed by atoms with Crippen LogP contribution in [-0.4, -0.2) is 41.8 Å². The monoisotopic (exact) mass is 559 g/mol. The summed E-state index contributed by atoms with van der Waals surface area (Å²) >= 11 is 6.43. The van der Waals surface area contributed by atoms with E-state index in [9.17, 15) is 4.79 Å². The molecule has 0 saturated heterocycles. The summed E-state index contributed by atoms with van der Waals surface area (Å²) in [6, 6.07) is 13.2. The van der Waals surface area contributed by atoms with Gasteiger partial charge >= 0.3 is 5.76 Å². The minimum atomic E-state index is -0.974. The zero-order chi connectivity index (χ0) is 27.9. The van der Waals surface area contributed by atoms with E-state index < -0.39 is 11.4 Å². The number of aromatic nitrogens is 7. The highest BCUT2D eigenvalue weighted by molar-refractivity contribution is 6.30. The summed E-state index contributed by atoms with van der Waals surface area (Å²) in [5.74, 6) is 1.47. The number of nitrogens with one attached hydrogen (secondary N) is 1. The molecule has 206 valence electrons. The van der Waals surface area contributed by atoms with E-state index in [0.29, 0.717) is 28.1 Å². The Bertz CT molecular complexity index is 1710. The molecule has 1 unspecified atom stereocenters. The van der Waals surface area contributed by atoms with Crippen molar-refractivity contribution in [3.63, 3.8) is 0 Å². The molecule has 1 atom stereocenters. The predicted molar refractivity (Wildman–Crippen MR) is 151 cm³/mol. The third-order valence-electron chi connectivity index (χ3n) is 7.92. The molecule has 5 aromatic rings. The summed E-state index contributed by atoms with van der Waals surface area (Å²) in [6.45, 7) is 5.01. The van der Waals surface area contributed by atoms with Crippen LogP contribution in [0.15, 0.2) is 58.0 Å². The van der Waals surface area contributed by atoms with E-state index >= 15 is 0 Å².